The Hall–Kier alpha value is -3.46. The molecule has 116 valence electrons. The lowest BCUT2D eigenvalue weighted by molar-refractivity contribution is -0.119. The first-order valence-electron chi connectivity index (χ1n) is 7.53. The van der Waals surface area contributed by atoms with Crippen molar-refractivity contribution in [2.45, 2.75) is 13.1 Å². The van der Waals surface area contributed by atoms with Gasteiger partial charge in [-0.1, -0.05) is 42.5 Å². The number of carbonyl (C=O) groups excluding carboxylic acids is 1. The van der Waals surface area contributed by atoms with Crippen LogP contribution < -0.4 is 4.90 Å². The predicted octanol–water partition coefficient (Wildman–Crippen LogP) is 2.36. The second-order valence-electron chi connectivity index (χ2n) is 5.53. The number of nitrogens with zero attached hydrogens (tertiary/aromatic N) is 5. The maximum Gasteiger partial charge on any atom is 0.252 e. The fourth-order valence-corrected chi connectivity index (χ4v) is 2.98. The number of rotatable bonds is 2. The standard InChI is InChI=1S/C18H13N5O/c19-9-17-20-12-22(21-17)11-18(24)23-10-13-5-1-2-6-14(13)15-7-3-4-8-16(15)23/h1-8,12H,10-11H2. The first kappa shape index (κ1) is 14.2. The SMILES string of the molecule is N#Cc1ncn(CC(=O)N2Cc3ccccc3-c3ccccc32)n1. The van der Waals surface area contributed by atoms with E-state index in [2.05, 4.69) is 16.1 Å². The van der Waals surface area contributed by atoms with E-state index in [1.807, 2.05) is 48.5 Å². The van der Waals surface area contributed by atoms with Crippen LogP contribution in [0.25, 0.3) is 11.1 Å². The van der Waals surface area contributed by atoms with E-state index in [1.54, 1.807) is 4.90 Å². The molecule has 0 radical (unpaired) electrons. The second kappa shape index (κ2) is 5.63. The van der Waals surface area contributed by atoms with Gasteiger partial charge in [0.05, 0.1) is 12.2 Å². The monoisotopic (exact) mass is 315 g/mol. The van der Waals surface area contributed by atoms with Gasteiger partial charge < -0.3 is 4.90 Å². The minimum Gasteiger partial charge on any atom is -0.306 e. The van der Waals surface area contributed by atoms with Crippen molar-refractivity contribution in [3.63, 3.8) is 0 Å². The van der Waals surface area contributed by atoms with Crippen LogP contribution in [-0.2, 0) is 17.9 Å². The van der Waals surface area contributed by atoms with Crippen LogP contribution in [0.5, 0.6) is 0 Å². The van der Waals surface area contributed by atoms with E-state index in [1.165, 1.54) is 11.0 Å². The van der Waals surface area contributed by atoms with Crippen molar-refractivity contribution in [1.29, 1.82) is 5.26 Å². The third-order valence-corrected chi connectivity index (χ3v) is 4.07. The Kier molecular flexibility index (Phi) is 3.32. The third-order valence-electron chi connectivity index (χ3n) is 4.07. The molecule has 1 aliphatic heterocycles. The van der Waals surface area contributed by atoms with Gasteiger partial charge >= 0.3 is 0 Å². The minimum atomic E-state index is -0.0913. The molecular weight excluding hydrogens is 302 g/mol. The summed E-state index contributed by atoms with van der Waals surface area (Å²) in [4.78, 5) is 18.4. The number of hydrogen-bond acceptors (Lipinski definition) is 4. The number of aromatic nitrogens is 3. The highest BCUT2D eigenvalue weighted by Crippen LogP contribution is 2.38. The molecule has 3 aromatic rings. The number of para-hydroxylation sites is 1. The van der Waals surface area contributed by atoms with E-state index in [9.17, 15) is 4.79 Å². The van der Waals surface area contributed by atoms with Crippen molar-refractivity contribution in [1.82, 2.24) is 14.8 Å². The summed E-state index contributed by atoms with van der Waals surface area (Å²) in [5.74, 6) is -0.0291. The number of amides is 1. The molecule has 2 aromatic carbocycles. The Morgan fingerprint density at radius 1 is 1.12 bits per heavy atom. The van der Waals surface area contributed by atoms with Gasteiger partial charge in [0.1, 0.15) is 18.9 Å². The van der Waals surface area contributed by atoms with Crippen molar-refractivity contribution in [2.75, 3.05) is 4.90 Å². The van der Waals surface area contributed by atoms with Crippen LogP contribution in [-0.4, -0.2) is 20.7 Å². The first-order chi connectivity index (χ1) is 11.8. The highest BCUT2D eigenvalue weighted by Gasteiger charge is 2.26. The van der Waals surface area contributed by atoms with Gasteiger partial charge in [0.25, 0.3) is 5.82 Å². The van der Waals surface area contributed by atoms with E-state index in [4.69, 9.17) is 5.26 Å². The molecule has 1 amide bonds. The summed E-state index contributed by atoms with van der Waals surface area (Å²) in [7, 11) is 0. The molecule has 0 aliphatic carbocycles. The highest BCUT2D eigenvalue weighted by atomic mass is 16.2. The lowest BCUT2D eigenvalue weighted by Crippen LogP contribution is -2.35. The third kappa shape index (κ3) is 2.32. The zero-order valence-electron chi connectivity index (χ0n) is 12.8. The van der Waals surface area contributed by atoms with E-state index < -0.39 is 0 Å². The summed E-state index contributed by atoms with van der Waals surface area (Å²) in [6.45, 7) is 0.566. The molecule has 0 unspecified atom stereocenters. The van der Waals surface area contributed by atoms with Crippen molar-refractivity contribution in [3.8, 4) is 17.2 Å². The van der Waals surface area contributed by atoms with Crippen LogP contribution in [0.3, 0.4) is 0 Å². The Labute approximate surface area is 138 Å². The molecule has 4 rings (SSSR count). The summed E-state index contributed by atoms with van der Waals surface area (Å²) >= 11 is 0. The van der Waals surface area contributed by atoms with E-state index in [0.717, 1.165) is 22.4 Å². The first-order valence-corrected chi connectivity index (χ1v) is 7.53. The van der Waals surface area contributed by atoms with Gasteiger partial charge in [-0.15, -0.1) is 5.10 Å². The molecule has 0 saturated heterocycles. The minimum absolute atomic E-state index is 0.0468. The van der Waals surface area contributed by atoms with Gasteiger partial charge in [-0.05, 0) is 17.2 Å². The van der Waals surface area contributed by atoms with E-state index in [-0.39, 0.29) is 18.3 Å². The molecule has 0 spiro atoms. The molecule has 0 bridgehead atoms. The largest absolute Gasteiger partial charge is 0.306 e. The summed E-state index contributed by atoms with van der Waals surface area (Å²) < 4.78 is 1.39. The molecule has 0 N–H and O–H groups in total. The number of nitriles is 1. The van der Waals surface area contributed by atoms with Gasteiger partial charge in [0.2, 0.25) is 5.91 Å². The van der Waals surface area contributed by atoms with Gasteiger partial charge in [0.15, 0.2) is 0 Å². The average Bonchev–Trinajstić information content (AvgIpc) is 3.08. The lowest BCUT2D eigenvalue weighted by atomic mass is 9.93. The zero-order chi connectivity index (χ0) is 16.5. The number of fused-ring (bicyclic) bond motifs is 3. The predicted molar refractivity (Wildman–Crippen MR) is 87.8 cm³/mol. The maximum absolute atomic E-state index is 12.8. The van der Waals surface area contributed by atoms with Crippen LogP contribution in [0.15, 0.2) is 54.9 Å². The number of benzene rings is 2. The van der Waals surface area contributed by atoms with E-state index >= 15 is 0 Å². The normalized spacial score (nSPS) is 12.2. The smallest absolute Gasteiger partial charge is 0.252 e. The molecule has 6 heteroatoms. The second-order valence-corrected chi connectivity index (χ2v) is 5.53. The lowest BCUT2D eigenvalue weighted by Gasteiger charge is -2.31. The maximum atomic E-state index is 12.8. The Balaban J connectivity index is 1.69. The van der Waals surface area contributed by atoms with Gasteiger partial charge in [-0.2, -0.15) is 5.26 Å². The van der Waals surface area contributed by atoms with Crippen LogP contribution in [0.1, 0.15) is 11.4 Å². The molecular formula is C18H13N5O. The summed E-state index contributed by atoms with van der Waals surface area (Å²) in [6, 6.07) is 17.8. The molecule has 1 aliphatic rings. The molecule has 2 heterocycles. The fourth-order valence-electron chi connectivity index (χ4n) is 2.98. The number of hydrogen-bond donors (Lipinski definition) is 0. The Morgan fingerprint density at radius 2 is 1.88 bits per heavy atom. The molecule has 0 atom stereocenters. The summed E-state index contributed by atoms with van der Waals surface area (Å²) in [5.41, 5.74) is 4.20. The fraction of sp³-hybridized carbons (Fsp3) is 0.111. The Morgan fingerprint density at radius 3 is 2.67 bits per heavy atom. The quantitative estimate of drug-likeness (QED) is 0.727. The van der Waals surface area contributed by atoms with Crippen LogP contribution in [0.2, 0.25) is 0 Å². The highest BCUT2D eigenvalue weighted by molar-refractivity contribution is 5.99. The van der Waals surface area contributed by atoms with Crippen LogP contribution in [0, 0.1) is 11.3 Å². The van der Waals surface area contributed by atoms with Crippen molar-refractivity contribution >= 4 is 11.6 Å². The van der Waals surface area contributed by atoms with Crippen molar-refractivity contribution in [3.05, 3.63) is 66.2 Å². The molecule has 1 aromatic heterocycles. The molecule has 0 fully saturated rings. The van der Waals surface area contributed by atoms with Crippen LogP contribution in [0.4, 0.5) is 5.69 Å². The molecule has 6 nitrogen and oxygen atoms in total. The van der Waals surface area contributed by atoms with Crippen molar-refractivity contribution in [2.24, 2.45) is 0 Å². The molecule has 24 heavy (non-hydrogen) atoms. The van der Waals surface area contributed by atoms with Crippen molar-refractivity contribution < 1.29 is 4.79 Å². The van der Waals surface area contributed by atoms with Gasteiger partial charge in [0, 0.05) is 5.56 Å². The summed E-state index contributed by atoms with van der Waals surface area (Å²) in [6.07, 6.45) is 1.40. The number of carbonyl (C=O) groups is 1. The van der Waals surface area contributed by atoms with Gasteiger partial charge in [-0.3, -0.25) is 4.79 Å². The van der Waals surface area contributed by atoms with Crippen LogP contribution >= 0.6 is 0 Å². The topological polar surface area (TPSA) is 74.8 Å². The zero-order valence-corrected chi connectivity index (χ0v) is 12.8. The number of anilines is 1. The molecule has 0 saturated carbocycles. The Bertz CT molecular complexity index is 969. The summed E-state index contributed by atoms with van der Waals surface area (Å²) in [5, 5.41) is 12.8. The van der Waals surface area contributed by atoms with E-state index in [0.29, 0.717) is 6.54 Å². The van der Waals surface area contributed by atoms with Gasteiger partial charge in [-0.25, -0.2) is 9.67 Å². The average molecular weight is 315 g/mol.